The predicted octanol–water partition coefficient (Wildman–Crippen LogP) is 3.68. The van der Waals surface area contributed by atoms with Gasteiger partial charge in [0.15, 0.2) is 5.78 Å². The Morgan fingerprint density at radius 3 is 2.41 bits per heavy atom. The first-order valence-corrected chi connectivity index (χ1v) is 10.6. The number of benzene rings is 2. The third kappa shape index (κ3) is 4.76. The number of nitrogens with zero attached hydrogens (tertiary/aromatic N) is 1. The molecule has 0 saturated carbocycles. The second-order valence-corrected chi connectivity index (χ2v) is 8.99. The SMILES string of the molecule is CC(=O)c1cccc(S(=O)(=O)N2CCC(COc3ccc(C)cc3)CC2)c1. The average molecular weight is 388 g/mol. The Bertz CT molecular complexity index is 898. The summed E-state index contributed by atoms with van der Waals surface area (Å²) in [5.74, 6) is 1.04. The van der Waals surface area contributed by atoms with Crippen LogP contribution in [-0.4, -0.2) is 38.2 Å². The van der Waals surface area contributed by atoms with Gasteiger partial charge in [0, 0.05) is 18.7 Å². The van der Waals surface area contributed by atoms with E-state index in [0.717, 1.165) is 18.6 Å². The highest BCUT2D eigenvalue weighted by molar-refractivity contribution is 7.89. The molecule has 144 valence electrons. The molecule has 1 fully saturated rings. The molecule has 0 atom stereocenters. The molecular weight excluding hydrogens is 362 g/mol. The van der Waals surface area contributed by atoms with Crippen LogP contribution < -0.4 is 4.74 Å². The highest BCUT2D eigenvalue weighted by Crippen LogP contribution is 2.25. The lowest BCUT2D eigenvalue weighted by atomic mass is 9.99. The van der Waals surface area contributed by atoms with Crippen LogP contribution in [0.2, 0.25) is 0 Å². The Hall–Kier alpha value is -2.18. The van der Waals surface area contributed by atoms with Crippen LogP contribution in [0.3, 0.4) is 0 Å². The summed E-state index contributed by atoms with van der Waals surface area (Å²) in [5.41, 5.74) is 1.60. The highest BCUT2D eigenvalue weighted by Gasteiger charge is 2.29. The summed E-state index contributed by atoms with van der Waals surface area (Å²) < 4.78 is 33.1. The minimum Gasteiger partial charge on any atom is -0.493 e. The standard InChI is InChI=1S/C21H25NO4S/c1-16-6-8-20(9-7-16)26-15-18-10-12-22(13-11-18)27(24,25)21-5-3-4-19(14-21)17(2)23/h3-9,14,18H,10-13,15H2,1-2H3. The Kier molecular flexibility index (Phi) is 5.97. The summed E-state index contributed by atoms with van der Waals surface area (Å²) >= 11 is 0. The van der Waals surface area contributed by atoms with Crippen LogP contribution >= 0.6 is 0 Å². The van der Waals surface area contributed by atoms with E-state index in [1.807, 2.05) is 31.2 Å². The number of Topliss-reactive ketones (excluding diaryl/α,β-unsaturated/α-hetero) is 1. The van der Waals surface area contributed by atoms with Crippen molar-refractivity contribution < 1.29 is 17.9 Å². The lowest BCUT2D eigenvalue weighted by Crippen LogP contribution is -2.39. The molecule has 0 spiro atoms. The van der Waals surface area contributed by atoms with E-state index in [1.165, 1.54) is 22.9 Å². The molecule has 1 saturated heterocycles. The van der Waals surface area contributed by atoms with Crippen LogP contribution in [0, 0.1) is 12.8 Å². The molecular formula is C21H25NO4S. The van der Waals surface area contributed by atoms with E-state index in [1.54, 1.807) is 18.2 Å². The third-order valence-corrected chi connectivity index (χ3v) is 6.85. The molecule has 6 heteroatoms. The number of ketones is 1. The number of hydrogen-bond donors (Lipinski definition) is 0. The topological polar surface area (TPSA) is 63.7 Å². The molecule has 0 radical (unpaired) electrons. The van der Waals surface area contributed by atoms with Crippen LogP contribution in [0.4, 0.5) is 0 Å². The minimum atomic E-state index is -3.57. The molecule has 0 aromatic heterocycles. The van der Waals surface area contributed by atoms with E-state index in [2.05, 4.69) is 0 Å². The quantitative estimate of drug-likeness (QED) is 0.710. The normalized spacial score (nSPS) is 16.2. The summed E-state index contributed by atoms with van der Waals surface area (Å²) in [4.78, 5) is 11.7. The monoisotopic (exact) mass is 387 g/mol. The van der Waals surface area contributed by atoms with E-state index in [-0.39, 0.29) is 10.7 Å². The maximum absolute atomic E-state index is 12.9. The molecule has 0 amide bonds. The molecule has 5 nitrogen and oxygen atoms in total. The Morgan fingerprint density at radius 2 is 1.78 bits per heavy atom. The summed E-state index contributed by atoms with van der Waals surface area (Å²) in [6.45, 7) is 5.00. The van der Waals surface area contributed by atoms with Crippen molar-refractivity contribution in [2.45, 2.75) is 31.6 Å². The maximum Gasteiger partial charge on any atom is 0.243 e. The Morgan fingerprint density at radius 1 is 1.11 bits per heavy atom. The molecule has 0 bridgehead atoms. The number of piperidine rings is 1. The second-order valence-electron chi connectivity index (χ2n) is 7.06. The van der Waals surface area contributed by atoms with Crippen LogP contribution in [0.5, 0.6) is 5.75 Å². The molecule has 1 aliphatic rings. The van der Waals surface area contributed by atoms with Gasteiger partial charge in [-0.25, -0.2) is 8.42 Å². The third-order valence-electron chi connectivity index (χ3n) is 4.96. The van der Waals surface area contributed by atoms with E-state index < -0.39 is 10.0 Å². The van der Waals surface area contributed by atoms with Gasteiger partial charge in [-0.15, -0.1) is 0 Å². The smallest absolute Gasteiger partial charge is 0.243 e. The molecule has 0 N–H and O–H groups in total. The van der Waals surface area contributed by atoms with Gasteiger partial charge in [0.2, 0.25) is 10.0 Å². The summed E-state index contributed by atoms with van der Waals surface area (Å²) in [5, 5.41) is 0. The maximum atomic E-state index is 12.9. The zero-order valence-electron chi connectivity index (χ0n) is 15.7. The molecule has 2 aromatic carbocycles. The van der Waals surface area contributed by atoms with Crippen molar-refractivity contribution in [2.75, 3.05) is 19.7 Å². The first kappa shape index (κ1) is 19.6. The first-order chi connectivity index (χ1) is 12.9. The van der Waals surface area contributed by atoms with E-state index >= 15 is 0 Å². The Labute approximate surface area is 161 Å². The van der Waals surface area contributed by atoms with Crippen molar-refractivity contribution in [1.82, 2.24) is 4.31 Å². The van der Waals surface area contributed by atoms with Gasteiger partial charge in [0.1, 0.15) is 5.75 Å². The van der Waals surface area contributed by atoms with Crippen molar-refractivity contribution >= 4 is 15.8 Å². The molecule has 2 aromatic rings. The first-order valence-electron chi connectivity index (χ1n) is 9.17. The summed E-state index contributed by atoms with van der Waals surface area (Å²) in [6, 6.07) is 14.2. The number of aryl methyl sites for hydroxylation is 1. The molecule has 0 aliphatic carbocycles. The zero-order chi connectivity index (χ0) is 19.4. The molecule has 1 aliphatic heterocycles. The van der Waals surface area contributed by atoms with Gasteiger partial charge in [0.25, 0.3) is 0 Å². The molecule has 0 unspecified atom stereocenters. The fourth-order valence-electron chi connectivity index (χ4n) is 3.19. The number of carbonyl (C=O) groups excluding carboxylic acids is 1. The van der Waals surface area contributed by atoms with Gasteiger partial charge in [-0.05, 0) is 56.9 Å². The van der Waals surface area contributed by atoms with Crippen LogP contribution in [-0.2, 0) is 10.0 Å². The van der Waals surface area contributed by atoms with E-state index in [9.17, 15) is 13.2 Å². The summed E-state index contributed by atoms with van der Waals surface area (Å²) in [7, 11) is -3.57. The van der Waals surface area contributed by atoms with Crippen LogP contribution in [0.15, 0.2) is 53.4 Å². The van der Waals surface area contributed by atoms with Crippen molar-refractivity contribution in [1.29, 1.82) is 0 Å². The van der Waals surface area contributed by atoms with Gasteiger partial charge in [0.05, 0.1) is 11.5 Å². The largest absolute Gasteiger partial charge is 0.493 e. The van der Waals surface area contributed by atoms with Gasteiger partial charge < -0.3 is 4.74 Å². The van der Waals surface area contributed by atoms with Gasteiger partial charge in [-0.3, -0.25) is 4.79 Å². The van der Waals surface area contributed by atoms with Gasteiger partial charge in [-0.2, -0.15) is 4.31 Å². The number of ether oxygens (including phenoxy) is 1. The highest BCUT2D eigenvalue weighted by atomic mass is 32.2. The molecule has 1 heterocycles. The van der Waals surface area contributed by atoms with Crippen LogP contribution in [0.1, 0.15) is 35.7 Å². The number of carbonyl (C=O) groups is 1. The molecule has 3 rings (SSSR count). The van der Waals surface area contributed by atoms with E-state index in [0.29, 0.717) is 31.2 Å². The van der Waals surface area contributed by atoms with Crippen molar-refractivity contribution in [3.05, 3.63) is 59.7 Å². The van der Waals surface area contributed by atoms with Gasteiger partial charge >= 0.3 is 0 Å². The summed E-state index contributed by atoms with van der Waals surface area (Å²) in [6.07, 6.45) is 1.52. The Balaban J connectivity index is 1.58. The number of hydrogen-bond acceptors (Lipinski definition) is 4. The van der Waals surface area contributed by atoms with Crippen molar-refractivity contribution in [3.8, 4) is 5.75 Å². The fourth-order valence-corrected chi connectivity index (χ4v) is 4.71. The minimum absolute atomic E-state index is 0.140. The van der Waals surface area contributed by atoms with Crippen molar-refractivity contribution in [2.24, 2.45) is 5.92 Å². The molecule has 27 heavy (non-hydrogen) atoms. The van der Waals surface area contributed by atoms with Crippen LogP contribution in [0.25, 0.3) is 0 Å². The number of rotatable bonds is 6. The van der Waals surface area contributed by atoms with Gasteiger partial charge in [-0.1, -0.05) is 29.8 Å². The van der Waals surface area contributed by atoms with Crippen molar-refractivity contribution in [3.63, 3.8) is 0 Å². The fraction of sp³-hybridized carbons (Fsp3) is 0.381. The lowest BCUT2D eigenvalue weighted by Gasteiger charge is -2.31. The lowest BCUT2D eigenvalue weighted by molar-refractivity contribution is 0.101. The second kappa shape index (κ2) is 8.23. The zero-order valence-corrected chi connectivity index (χ0v) is 16.5. The van der Waals surface area contributed by atoms with E-state index in [4.69, 9.17) is 4.74 Å². The predicted molar refractivity (Wildman–Crippen MR) is 105 cm³/mol. The average Bonchev–Trinajstić information content (AvgIpc) is 2.68. The number of sulfonamides is 1.